The maximum Gasteiger partial charge on any atom is 0.331 e. The van der Waals surface area contributed by atoms with Gasteiger partial charge in [0.2, 0.25) is 0 Å². The van der Waals surface area contributed by atoms with E-state index in [0.717, 1.165) is 15.9 Å². The number of aryl methyl sites for hydroxylation is 1. The van der Waals surface area contributed by atoms with E-state index in [4.69, 9.17) is 0 Å². The first-order valence-electron chi connectivity index (χ1n) is 3.81. The molecular formula is C7H7N3O3S. The van der Waals surface area contributed by atoms with Crippen molar-refractivity contribution in [2.24, 2.45) is 14.1 Å². The van der Waals surface area contributed by atoms with Gasteiger partial charge in [0.05, 0.1) is 0 Å². The molecule has 2 aromatic rings. The van der Waals surface area contributed by atoms with E-state index in [0.29, 0.717) is 4.83 Å². The minimum atomic E-state index is -0.471. The first-order chi connectivity index (χ1) is 6.52. The van der Waals surface area contributed by atoms with Gasteiger partial charge in [0, 0.05) is 14.1 Å². The van der Waals surface area contributed by atoms with Crippen LogP contribution in [0.15, 0.2) is 14.4 Å². The molecule has 2 rings (SSSR count). The molecule has 0 aromatic carbocycles. The van der Waals surface area contributed by atoms with E-state index in [1.165, 1.54) is 18.7 Å². The number of aromatic amines is 1. The second kappa shape index (κ2) is 2.68. The lowest BCUT2D eigenvalue weighted by atomic mass is 10.5. The summed E-state index contributed by atoms with van der Waals surface area (Å²) in [6.45, 7) is 0. The Kier molecular flexibility index (Phi) is 1.71. The van der Waals surface area contributed by atoms with Crippen molar-refractivity contribution in [3.8, 4) is 0 Å². The molecule has 0 aliphatic heterocycles. The van der Waals surface area contributed by atoms with E-state index in [1.807, 2.05) is 0 Å². The zero-order valence-corrected chi connectivity index (χ0v) is 8.34. The topological polar surface area (TPSA) is 76.9 Å². The van der Waals surface area contributed by atoms with E-state index < -0.39 is 11.2 Å². The summed E-state index contributed by atoms with van der Waals surface area (Å²) in [4.78, 5) is 36.4. The lowest BCUT2D eigenvalue weighted by molar-refractivity contribution is 0.715. The lowest BCUT2D eigenvalue weighted by Gasteiger charge is -2.01. The Morgan fingerprint density at radius 3 is 2.43 bits per heavy atom. The second-order valence-electron chi connectivity index (χ2n) is 2.90. The highest BCUT2D eigenvalue weighted by Gasteiger charge is 2.10. The first kappa shape index (κ1) is 8.95. The lowest BCUT2D eigenvalue weighted by Crippen LogP contribution is -2.36. The van der Waals surface area contributed by atoms with Crippen LogP contribution in [0.3, 0.4) is 0 Å². The van der Waals surface area contributed by atoms with Crippen molar-refractivity contribution >= 4 is 21.7 Å². The van der Waals surface area contributed by atoms with Crippen LogP contribution in [0.4, 0.5) is 0 Å². The average Bonchev–Trinajstić information content (AvgIpc) is 2.54. The highest BCUT2D eigenvalue weighted by molar-refractivity contribution is 7.15. The fraction of sp³-hybridized carbons (Fsp3) is 0.286. The number of hydrogen-bond donors (Lipinski definition) is 1. The largest absolute Gasteiger partial charge is 0.331 e. The summed E-state index contributed by atoms with van der Waals surface area (Å²) in [7, 11) is 2.90. The third-order valence-electron chi connectivity index (χ3n) is 2.03. The minimum Gasteiger partial charge on any atom is -0.306 e. The minimum absolute atomic E-state index is 0.185. The highest BCUT2D eigenvalue weighted by atomic mass is 32.1. The van der Waals surface area contributed by atoms with Gasteiger partial charge >= 0.3 is 10.6 Å². The second-order valence-corrected chi connectivity index (χ2v) is 3.86. The number of thiazole rings is 1. The molecule has 2 heterocycles. The van der Waals surface area contributed by atoms with Crippen LogP contribution in [0.1, 0.15) is 0 Å². The monoisotopic (exact) mass is 213 g/mol. The van der Waals surface area contributed by atoms with Crippen molar-refractivity contribution in [2.45, 2.75) is 0 Å². The predicted octanol–water partition coefficient (Wildman–Crippen LogP) is -1.01. The van der Waals surface area contributed by atoms with E-state index in [-0.39, 0.29) is 10.4 Å². The fourth-order valence-electron chi connectivity index (χ4n) is 1.27. The molecule has 0 saturated heterocycles. The number of nitrogens with one attached hydrogen (secondary N) is 1. The summed E-state index contributed by atoms with van der Waals surface area (Å²) >= 11 is 0.854. The Morgan fingerprint density at radius 1 is 1.14 bits per heavy atom. The summed E-state index contributed by atoms with van der Waals surface area (Å²) in [5, 5.41) is 0. The summed E-state index contributed by atoms with van der Waals surface area (Å²) < 4.78 is 2.24. The van der Waals surface area contributed by atoms with Crippen LogP contribution < -0.4 is 16.1 Å². The van der Waals surface area contributed by atoms with Crippen molar-refractivity contribution in [3.05, 3.63) is 30.5 Å². The Bertz CT molecular complexity index is 672. The molecule has 0 bridgehead atoms. The number of aromatic nitrogens is 3. The molecule has 0 atom stereocenters. The van der Waals surface area contributed by atoms with Crippen LogP contribution in [-0.2, 0) is 14.1 Å². The molecule has 0 aliphatic rings. The predicted molar refractivity (Wildman–Crippen MR) is 52.9 cm³/mol. The maximum absolute atomic E-state index is 11.5. The van der Waals surface area contributed by atoms with Gasteiger partial charge in [0.25, 0.3) is 5.56 Å². The van der Waals surface area contributed by atoms with Gasteiger partial charge in [0.15, 0.2) is 0 Å². The smallest absolute Gasteiger partial charge is 0.306 e. The van der Waals surface area contributed by atoms with Crippen molar-refractivity contribution in [3.63, 3.8) is 0 Å². The van der Waals surface area contributed by atoms with Crippen LogP contribution in [-0.4, -0.2) is 14.1 Å². The number of rotatable bonds is 0. The van der Waals surface area contributed by atoms with Gasteiger partial charge in [0.1, 0.15) is 10.3 Å². The fourth-order valence-corrected chi connectivity index (χ4v) is 2.05. The Morgan fingerprint density at radius 2 is 1.79 bits per heavy atom. The Labute approximate surface area is 81.0 Å². The molecule has 7 heteroatoms. The van der Waals surface area contributed by atoms with Gasteiger partial charge in [-0.3, -0.25) is 18.7 Å². The van der Waals surface area contributed by atoms with E-state index in [2.05, 4.69) is 4.98 Å². The molecule has 2 aromatic heterocycles. The average molecular weight is 213 g/mol. The molecule has 0 fully saturated rings. The quantitative estimate of drug-likeness (QED) is 0.609. The number of fused-ring (bicyclic) bond motifs is 1. The van der Waals surface area contributed by atoms with E-state index in [1.54, 1.807) is 0 Å². The van der Waals surface area contributed by atoms with Gasteiger partial charge in [-0.15, -0.1) is 0 Å². The molecular weight excluding hydrogens is 206 g/mol. The molecule has 0 unspecified atom stereocenters. The van der Waals surface area contributed by atoms with Gasteiger partial charge in [-0.2, -0.15) is 0 Å². The van der Waals surface area contributed by atoms with Crippen molar-refractivity contribution in [1.29, 1.82) is 0 Å². The van der Waals surface area contributed by atoms with Gasteiger partial charge in [-0.05, 0) is 0 Å². The van der Waals surface area contributed by atoms with Crippen molar-refractivity contribution in [2.75, 3.05) is 0 Å². The summed E-state index contributed by atoms with van der Waals surface area (Å²) in [5.74, 6) is 0. The summed E-state index contributed by atoms with van der Waals surface area (Å²) in [6, 6.07) is 0. The van der Waals surface area contributed by atoms with E-state index >= 15 is 0 Å². The number of H-pyrrole nitrogens is 1. The number of hydrogen-bond acceptors (Lipinski definition) is 4. The Balaban J connectivity index is 3.26. The SMILES string of the molecule is Cn1c(=O)c2[nH]c(=O)sc2n(C)c1=O. The van der Waals surface area contributed by atoms with Crippen LogP contribution in [0, 0.1) is 0 Å². The molecule has 1 N–H and O–H groups in total. The van der Waals surface area contributed by atoms with Crippen LogP contribution >= 0.6 is 11.3 Å². The van der Waals surface area contributed by atoms with Crippen LogP contribution in [0.5, 0.6) is 0 Å². The summed E-state index contributed by atoms with van der Waals surface area (Å²) in [5.41, 5.74) is -0.719. The van der Waals surface area contributed by atoms with Crippen molar-refractivity contribution in [1.82, 2.24) is 14.1 Å². The normalized spacial score (nSPS) is 11.0. The molecule has 0 amide bonds. The van der Waals surface area contributed by atoms with Crippen LogP contribution in [0.25, 0.3) is 10.3 Å². The highest BCUT2D eigenvalue weighted by Crippen LogP contribution is 2.05. The molecule has 14 heavy (non-hydrogen) atoms. The molecule has 6 nitrogen and oxygen atoms in total. The Hall–Kier alpha value is -1.63. The maximum atomic E-state index is 11.5. The van der Waals surface area contributed by atoms with E-state index in [9.17, 15) is 14.4 Å². The third kappa shape index (κ3) is 0.987. The van der Waals surface area contributed by atoms with Crippen molar-refractivity contribution < 1.29 is 0 Å². The molecule has 0 saturated carbocycles. The third-order valence-corrected chi connectivity index (χ3v) is 2.99. The van der Waals surface area contributed by atoms with Gasteiger partial charge in [-0.1, -0.05) is 11.3 Å². The van der Waals surface area contributed by atoms with Crippen LogP contribution in [0.2, 0.25) is 0 Å². The number of nitrogens with zero attached hydrogens (tertiary/aromatic N) is 2. The zero-order chi connectivity index (χ0) is 10.5. The molecule has 0 spiro atoms. The van der Waals surface area contributed by atoms with Gasteiger partial charge in [-0.25, -0.2) is 4.79 Å². The zero-order valence-electron chi connectivity index (χ0n) is 7.53. The molecule has 74 valence electrons. The first-order valence-corrected chi connectivity index (χ1v) is 4.63. The molecule has 0 aliphatic carbocycles. The molecule has 0 radical (unpaired) electrons. The standard InChI is InChI=1S/C7H7N3O3S/c1-9-4(11)3-5(10(2)7(9)13)14-6(12)8-3/h1-2H3,(H,8,12). The van der Waals surface area contributed by atoms with Gasteiger partial charge < -0.3 is 4.98 Å². The summed E-state index contributed by atoms with van der Waals surface area (Å²) in [6.07, 6.45) is 0.